The van der Waals surface area contributed by atoms with Gasteiger partial charge in [-0.25, -0.2) is 0 Å². The average molecular weight is 291 g/mol. The van der Waals surface area contributed by atoms with Crippen LogP contribution >= 0.6 is 0 Å². The summed E-state index contributed by atoms with van der Waals surface area (Å²) < 4.78 is 0. The Kier molecular flexibility index (Phi) is 4.69. The van der Waals surface area contributed by atoms with Gasteiger partial charge in [-0.05, 0) is 29.5 Å². The third-order valence-corrected chi connectivity index (χ3v) is 4.23. The molecule has 2 heteroatoms. The van der Waals surface area contributed by atoms with E-state index in [4.69, 9.17) is 0 Å². The molecule has 112 valence electrons. The van der Waals surface area contributed by atoms with Crippen molar-refractivity contribution in [1.82, 2.24) is 5.32 Å². The number of hydrogen-bond acceptors (Lipinski definition) is 1. The van der Waals surface area contributed by atoms with E-state index in [1.165, 1.54) is 17.5 Å². The smallest absolute Gasteiger partial charge is 0.223 e. The Bertz CT molecular complexity index is 600. The van der Waals surface area contributed by atoms with Crippen LogP contribution in [0.4, 0.5) is 0 Å². The van der Waals surface area contributed by atoms with Gasteiger partial charge >= 0.3 is 0 Å². The molecule has 0 aromatic heterocycles. The molecule has 0 saturated heterocycles. The summed E-state index contributed by atoms with van der Waals surface area (Å²) in [5.41, 5.74) is 3.51. The minimum absolute atomic E-state index is 0.197. The van der Waals surface area contributed by atoms with Gasteiger partial charge in [-0.15, -0.1) is 0 Å². The predicted molar refractivity (Wildman–Crippen MR) is 90.3 cm³/mol. The minimum atomic E-state index is 0.197. The lowest BCUT2D eigenvalue weighted by Gasteiger charge is -2.23. The van der Waals surface area contributed by atoms with Crippen molar-refractivity contribution in [3.05, 3.63) is 77.9 Å². The highest BCUT2D eigenvalue weighted by Gasteiger charge is 2.24. The number of nitrogens with one attached hydrogen (secondary N) is 1. The molecule has 0 unspecified atom stereocenters. The Morgan fingerprint density at radius 2 is 1.50 bits per heavy atom. The van der Waals surface area contributed by atoms with Crippen LogP contribution in [0, 0.1) is 5.92 Å². The summed E-state index contributed by atoms with van der Waals surface area (Å²) in [6.07, 6.45) is 5.38. The quantitative estimate of drug-likeness (QED) is 0.885. The van der Waals surface area contributed by atoms with Gasteiger partial charge in [0, 0.05) is 12.5 Å². The van der Waals surface area contributed by atoms with Gasteiger partial charge in [-0.2, -0.15) is 0 Å². The summed E-state index contributed by atoms with van der Waals surface area (Å²) in [5.74, 6) is 0.438. The maximum absolute atomic E-state index is 11.9. The third kappa shape index (κ3) is 3.45. The Hall–Kier alpha value is -2.35. The predicted octanol–water partition coefficient (Wildman–Crippen LogP) is 4.03. The topological polar surface area (TPSA) is 29.1 Å². The number of carbonyl (C=O) groups excluding carboxylic acids is 1. The van der Waals surface area contributed by atoms with Crippen LogP contribution in [0.15, 0.2) is 66.7 Å². The monoisotopic (exact) mass is 291 g/mol. The van der Waals surface area contributed by atoms with E-state index in [0.29, 0.717) is 6.54 Å². The van der Waals surface area contributed by atoms with E-state index >= 15 is 0 Å². The number of benzene rings is 2. The molecule has 0 atom stereocenters. The van der Waals surface area contributed by atoms with Crippen LogP contribution in [0.5, 0.6) is 0 Å². The Morgan fingerprint density at radius 3 is 1.95 bits per heavy atom. The third-order valence-electron chi connectivity index (χ3n) is 4.23. The highest BCUT2D eigenvalue weighted by atomic mass is 16.1. The molecular formula is C20H21NO. The van der Waals surface area contributed by atoms with Gasteiger partial charge in [0.2, 0.25) is 5.91 Å². The summed E-state index contributed by atoms with van der Waals surface area (Å²) in [5, 5.41) is 3.04. The first kappa shape index (κ1) is 14.6. The van der Waals surface area contributed by atoms with Crippen molar-refractivity contribution in [3.8, 4) is 0 Å². The van der Waals surface area contributed by atoms with Gasteiger partial charge in [-0.3, -0.25) is 4.79 Å². The van der Waals surface area contributed by atoms with Crippen molar-refractivity contribution in [2.75, 3.05) is 6.54 Å². The van der Waals surface area contributed by atoms with Crippen molar-refractivity contribution in [2.24, 2.45) is 5.92 Å². The first-order valence-electron chi connectivity index (χ1n) is 7.93. The largest absolute Gasteiger partial charge is 0.352 e. The van der Waals surface area contributed by atoms with Crippen molar-refractivity contribution >= 4 is 11.5 Å². The van der Waals surface area contributed by atoms with E-state index < -0.39 is 0 Å². The summed E-state index contributed by atoms with van der Waals surface area (Å²) >= 11 is 0. The van der Waals surface area contributed by atoms with Gasteiger partial charge in [0.25, 0.3) is 0 Å². The average Bonchev–Trinajstić information content (AvgIpc) is 2.51. The lowest BCUT2D eigenvalue weighted by atomic mass is 9.85. The van der Waals surface area contributed by atoms with Crippen LogP contribution in [0.2, 0.25) is 0 Å². The van der Waals surface area contributed by atoms with Gasteiger partial charge < -0.3 is 5.32 Å². The molecule has 22 heavy (non-hydrogen) atoms. The van der Waals surface area contributed by atoms with Gasteiger partial charge in [0.05, 0.1) is 0 Å². The summed E-state index contributed by atoms with van der Waals surface area (Å²) in [6, 6.07) is 20.6. The van der Waals surface area contributed by atoms with E-state index in [-0.39, 0.29) is 11.8 Å². The second kappa shape index (κ2) is 7.08. The standard InChI is InChI=1S/C20H21NO/c22-20(18-12-7-13-18)21-15-14-19(16-8-3-1-4-9-16)17-10-5-2-6-11-17/h1-6,8-11,14,18H,7,12-13,15H2,(H,21,22). The number of carbonyl (C=O) groups is 1. The minimum Gasteiger partial charge on any atom is -0.352 e. The second-order valence-electron chi connectivity index (χ2n) is 5.72. The zero-order chi connectivity index (χ0) is 15.2. The molecular weight excluding hydrogens is 270 g/mol. The molecule has 1 N–H and O–H groups in total. The Labute approximate surface area is 131 Å². The fourth-order valence-electron chi connectivity index (χ4n) is 2.71. The van der Waals surface area contributed by atoms with Gasteiger partial charge in [0.15, 0.2) is 0 Å². The number of hydrogen-bond donors (Lipinski definition) is 1. The molecule has 2 aromatic carbocycles. The van der Waals surface area contributed by atoms with Crippen LogP contribution < -0.4 is 5.32 Å². The summed E-state index contributed by atoms with van der Waals surface area (Å²) in [4.78, 5) is 11.9. The molecule has 2 aromatic rings. The zero-order valence-corrected chi connectivity index (χ0v) is 12.7. The van der Waals surface area contributed by atoms with E-state index in [0.717, 1.165) is 18.4 Å². The molecule has 0 heterocycles. The highest BCUT2D eigenvalue weighted by molar-refractivity contribution is 5.82. The zero-order valence-electron chi connectivity index (χ0n) is 12.7. The molecule has 1 saturated carbocycles. The lowest BCUT2D eigenvalue weighted by Crippen LogP contribution is -2.34. The van der Waals surface area contributed by atoms with E-state index in [1.54, 1.807) is 0 Å². The first-order valence-corrected chi connectivity index (χ1v) is 7.93. The summed E-state index contributed by atoms with van der Waals surface area (Å²) in [6.45, 7) is 0.578. The molecule has 3 rings (SSSR count). The normalized spacial score (nSPS) is 14.0. The fraction of sp³-hybridized carbons (Fsp3) is 0.250. The molecule has 0 radical (unpaired) electrons. The Morgan fingerprint density at radius 1 is 0.955 bits per heavy atom. The molecule has 1 amide bonds. The number of amides is 1. The Balaban J connectivity index is 1.76. The van der Waals surface area contributed by atoms with Crippen LogP contribution in [0.3, 0.4) is 0 Å². The van der Waals surface area contributed by atoms with Crippen molar-refractivity contribution in [1.29, 1.82) is 0 Å². The summed E-state index contributed by atoms with van der Waals surface area (Å²) in [7, 11) is 0. The van der Waals surface area contributed by atoms with Crippen LogP contribution in [0.1, 0.15) is 30.4 Å². The highest BCUT2D eigenvalue weighted by Crippen LogP contribution is 2.26. The molecule has 0 bridgehead atoms. The van der Waals surface area contributed by atoms with Crippen LogP contribution in [-0.4, -0.2) is 12.5 Å². The maximum atomic E-state index is 11.9. The van der Waals surface area contributed by atoms with E-state index in [9.17, 15) is 4.79 Å². The van der Waals surface area contributed by atoms with Gasteiger partial charge in [0.1, 0.15) is 0 Å². The molecule has 2 nitrogen and oxygen atoms in total. The molecule has 0 spiro atoms. The maximum Gasteiger partial charge on any atom is 0.223 e. The van der Waals surface area contributed by atoms with Crippen molar-refractivity contribution < 1.29 is 4.79 Å². The second-order valence-corrected chi connectivity index (χ2v) is 5.72. The first-order chi connectivity index (χ1) is 10.8. The molecule has 1 fully saturated rings. The molecule has 1 aliphatic rings. The number of rotatable bonds is 5. The van der Waals surface area contributed by atoms with E-state index in [2.05, 4.69) is 35.7 Å². The van der Waals surface area contributed by atoms with E-state index in [1.807, 2.05) is 36.4 Å². The lowest BCUT2D eigenvalue weighted by molar-refractivity contribution is -0.127. The fourth-order valence-corrected chi connectivity index (χ4v) is 2.71. The molecule has 0 aliphatic heterocycles. The SMILES string of the molecule is O=C(NCC=C(c1ccccc1)c1ccccc1)C1CCC1. The van der Waals surface area contributed by atoms with Crippen molar-refractivity contribution in [2.45, 2.75) is 19.3 Å². The molecule has 1 aliphatic carbocycles. The van der Waals surface area contributed by atoms with Crippen LogP contribution in [-0.2, 0) is 4.79 Å². The van der Waals surface area contributed by atoms with Gasteiger partial charge in [-0.1, -0.05) is 73.2 Å². The van der Waals surface area contributed by atoms with Crippen molar-refractivity contribution in [3.63, 3.8) is 0 Å². The van der Waals surface area contributed by atoms with Crippen LogP contribution in [0.25, 0.3) is 5.57 Å².